The van der Waals surface area contributed by atoms with Crippen molar-refractivity contribution in [3.05, 3.63) is 47.3 Å². The summed E-state index contributed by atoms with van der Waals surface area (Å²) in [7, 11) is 0. The summed E-state index contributed by atoms with van der Waals surface area (Å²) in [4.78, 5) is 11.3. The SMILES string of the molecule is Cc1ccc(-c2nc(CN3CCC[C@H]3c3n[nH]c(C)n3)no2)cc1. The summed E-state index contributed by atoms with van der Waals surface area (Å²) < 4.78 is 5.42. The van der Waals surface area contributed by atoms with Crippen LogP contribution in [0.4, 0.5) is 0 Å². The average Bonchev–Trinajstić information content (AvgIpc) is 3.30. The lowest BCUT2D eigenvalue weighted by Gasteiger charge is -2.19. The fourth-order valence-electron chi connectivity index (χ4n) is 3.13. The van der Waals surface area contributed by atoms with Gasteiger partial charge in [-0.3, -0.25) is 10.00 Å². The van der Waals surface area contributed by atoms with E-state index in [0.29, 0.717) is 18.3 Å². The average molecular weight is 324 g/mol. The molecular formula is C17H20N6O. The molecule has 1 fully saturated rings. The van der Waals surface area contributed by atoms with Gasteiger partial charge in [0.1, 0.15) is 5.82 Å². The molecule has 7 nitrogen and oxygen atoms in total. The van der Waals surface area contributed by atoms with E-state index in [0.717, 1.165) is 36.6 Å². The molecule has 124 valence electrons. The Balaban J connectivity index is 1.50. The van der Waals surface area contributed by atoms with Gasteiger partial charge >= 0.3 is 0 Å². The van der Waals surface area contributed by atoms with Crippen molar-refractivity contribution in [3.8, 4) is 11.5 Å². The number of nitrogens with zero attached hydrogens (tertiary/aromatic N) is 5. The van der Waals surface area contributed by atoms with Crippen molar-refractivity contribution in [1.29, 1.82) is 0 Å². The highest BCUT2D eigenvalue weighted by atomic mass is 16.5. The van der Waals surface area contributed by atoms with Crippen LogP contribution in [0.1, 0.15) is 41.9 Å². The molecule has 0 radical (unpaired) electrons. The minimum atomic E-state index is 0.219. The van der Waals surface area contributed by atoms with Gasteiger partial charge < -0.3 is 4.52 Å². The zero-order valence-electron chi connectivity index (χ0n) is 13.9. The number of rotatable bonds is 4. The number of hydrogen-bond acceptors (Lipinski definition) is 6. The van der Waals surface area contributed by atoms with Crippen LogP contribution in [-0.4, -0.2) is 36.8 Å². The second-order valence-corrected chi connectivity index (χ2v) is 6.29. The smallest absolute Gasteiger partial charge is 0.257 e. The first-order valence-electron chi connectivity index (χ1n) is 8.21. The molecule has 0 unspecified atom stereocenters. The van der Waals surface area contributed by atoms with Gasteiger partial charge in [0.2, 0.25) is 0 Å². The van der Waals surface area contributed by atoms with Gasteiger partial charge in [-0.25, -0.2) is 4.98 Å². The maximum absolute atomic E-state index is 5.42. The van der Waals surface area contributed by atoms with E-state index in [1.54, 1.807) is 0 Å². The molecule has 4 rings (SSSR count). The van der Waals surface area contributed by atoms with Crippen molar-refractivity contribution in [1.82, 2.24) is 30.2 Å². The molecule has 24 heavy (non-hydrogen) atoms. The van der Waals surface area contributed by atoms with E-state index < -0.39 is 0 Å². The van der Waals surface area contributed by atoms with Gasteiger partial charge in [0.05, 0.1) is 12.6 Å². The molecule has 2 aromatic heterocycles. The largest absolute Gasteiger partial charge is 0.334 e. The van der Waals surface area contributed by atoms with Crippen LogP contribution in [0.15, 0.2) is 28.8 Å². The number of H-pyrrole nitrogens is 1. The van der Waals surface area contributed by atoms with Crippen LogP contribution >= 0.6 is 0 Å². The first-order valence-corrected chi connectivity index (χ1v) is 8.21. The zero-order chi connectivity index (χ0) is 16.5. The van der Waals surface area contributed by atoms with Crippen LogP contribution < -0.4 is 0 Å². The number of aromatic amines is 1. The minimum Gasteiger partial charge on any atom is -0.334 e. The molecule has 1 aromatic carbocycles. The highest BCUT2D eigenvalue weighted by molar-refractivity contribution is 5.53. The number of aromatic nitrogens is 5. The van der Waals surface area contributed by atoms with E-state index in [4.69, 9.17) is 4.52 Å². The summed E-state index contributed by atoms with van der Waals surface area (Å²) in [5, 5.41) is 11.4. The van der Waals surface area contributed by atoms with E-state index in [9.17, 15) is 0 Å². The predicted octanol–water partition coefficient (Wildman–Crippen LogP) is 2.81. The Hall–Kier alpha value is -2.54. The molecule has 0 bridgehead atoms. The molecule has 3 heterocycles. The summed E-state index contributed by atoms with van der Waals surface area (Å²) in [6.45, 7) is 5.62. The number of likely N-dealkylation sites (tertiary alicyclic amines) is 1. The summed E-state index contributed by atoms with van der Waals surface area (Å²) in [6.07, 6.45) is 2.18. The first-order chi connectivity index (χ1) is 11.7. The number of hydrogen-bond donors (Lipinski definition) is 1. The van der Waals surface area contributed by atoms with Crippen molar-refractivity contribution >= 4 is 0 Å². The van der Waals surface area contributed by atoms with Crippen molar-refractivity contribution in [2.75, 3.05) is 6.54 Å². The zero-order valence-corrected chi connectivity index (χ0v) is 13.9. The molecular weight excluding hydrogens is 304 g/mol. The third-order valence-corrected chi connectivity index (χ3v) is 4.39. The fraction of sp³-hybridized carbons (Fsp3) is 0.412. The normalized spacial score (nSPS) is 18.3. The van der Waals surface area contributed by atoms with Crippen LogP contribution in [0.3, 0.4) is 0 Å². The number of aryl methyl sites for hydroxylation is 2. The molecule has 1 aliphatic heterocycles. The van der Waals surface area contributed by atoms with Gasteiger partial charge in [0.25, 0.3) is 5.89 Å². The summed E-state index contributed by atoms with van der Waals surface area (Å²) in [5.74, 6) is 2.96. The Morgan fingerprint density at radius 3 is 2.79 bits per heavy atom. The van der Waals surface area contributed by atoms with Gasteiger partial charge in [0.15, 0.2) is 11.6 Å². The highest BCUT2D eigenvalue weighted by Crippen LogP contribution is 2.31. The minimum absolute atomic E-state index is 0.219. The summed E-state index contributed by atoms with van der Waals surface area (Å²) >= 11 is 0. The Bertz CT molecular complexity index is 822. The third kappa shape index (κ3) is 2.94. The van der Waals surface area contributed by atoms with Crippen molar-refractivity contribution in [2.45, 2.75) is 39.3 Å². The molecule has 1 atom stereocenters. The Kier molecular flexibility index (Phi) is 3.86. The lowest BCUT2D eigenvalue weighted by Crippen LogP contribution is -2.24. The molecule has 1 aliphatic rings. The van der Waals surface area contributed by atoms with Gasteiger partial charge in [0, 0.05) is 5.56 Å². The van der Waals surface area contributed by atoms with E-state index in [2.05, 4.69) is 37.1 Å². The number of nitrogens with one attached hydrogen (secondary N) is 1. The van der Waals surface area contributed by atoms with Gasteiger partial charge in [-0.2, -0.15) is 10.1 Å². The maximum atomic E-state index is 5.42. The molecule has 3 aromatic rings. The van der Waals surface area contributed by atoms with Gasteiger partial charge in [-0.15, -0.1) is 0 Å². The van der Waals surface area contributed by atoms with E-state index in [1.807, 2.05) is 31.2 Å². The second kappa shape index (κ2) is 6.16. The number of benzene rings is 1. The van der Waals surface area contributed by atoms with Crippen LogP contribution in [0.25, 0.3) is 11.5 Å². The van der Waals surface area contributed by atoms with Gasteiger partial charge in [-0.05, 0) is 45.4 Å². The molecule has 0 aliphatic carbocycles. The van der Waals surface area contributed by atoms with E-state index in [-0.39, 0.29) is 6.04 Å². The monoisotopic (exact) mass is 324 g/mol. The standard InChI is InChI=1S/C17H20N6O/c1-11-5-7-13(8-6-11)17-19-15(22-24-17)10-23-9-3-4-14(23)16-18-12(2)20-21-16/h5-8,14H,3-4,9-10H2,1-2H3,(H,18,20,21)/t14-/m0/s1. The summed E-state index contributed by atoms with van der Waals surface area (Å²) in [5.41, 5.74) is 2.15. The Morgan fingerprint density at radius 2 is 2.04 bits per heavy atom. The summed E-state index contributed by atoms with van der Waals surface area (Å²) in [6, 6.07) is 8.31. The molecule has 1 saturated heterocycles. The molecule has 7 heteroatoms. The quantitative estimate of drug-likeness (QED) is 0.794. The lowest BCUT2D eigenvalue weighted by atomic mass is 10.1. The molecule has 0 amide bonds. The van der Waals surface area contributed by atoms with Gasteiger partial charge in [-0.1, -0.05) is 22.9 Å². The third-order valence-electron chi connectivity index (χ3n) is 4.39. The molecule has 0 spiro atoms. The lowest BCUT2D eigenvalue weighted by molar-refractivity contribution is 0.230. The second-order valence-electron chi connectivity index (χ2n) is 6.29. The predicted molar refractivity (Wildman–Crippen MR) is 88.0 cm³/mol. The molecule has 1 N–H and O–H groups in total. The van der Waals surface area contributed by atoms with Crippen molar-refractivity contribution < 1.29 is 4.52 Å². The van der Waals surface area contributed by atoms with Crippen molar-refractivity contribution in [2.24, 2.45) is 0 Å². The van der Waals surface area contributed by atoms with Crippen LogP contribution in [-0.2, 0) is 6.54 Å². The Labute approximate surface area is 140 Å². The van der Waals surface area contributed by atoms with Crippen LogP contribution in [0.2, 0.25) is 0 Å². The fourth-order valence-corrected chi connectivity index (χ4v) is 3.13. The maximum Gasteiger partial charge on any atom is 0.257 e. The molecule has 0 saturated carbocycles. The highest BCUT2D eigenvalue weighted by Gasteiger charge is 2.30. The van der Waals surface area contributed by atoms with Crippen molar-refractivity contribution in [3.63, 3.8) is 0 Å². The van der Waals surface area contributed by atoms with Crippen LogP contribution in [0, 0.1) is 13.8 Å². The topological polar surface area (TPSA) is 83.7 Å². The van der Waals surface area contributed by atoms with Crippen LogP contribution in [0.5, 0.6) is 0 Å². The Morgan fingerprint density at radius 1 is 1.21 bits per heavy atom. The van der Waals surface area contributed by atoms with E-state index in [1.165, 1.54) is 5.56 Å². The first kappa shape index (κ1) is 15.0. The van der Waals surface area contributed by atoms with E-state index >= 15 is 0 Å².